The number of carbonyl (C=O) groups is 1. The van der Waals surface area contributed by atoms with Gasteiger partial charge in [0, 0.05) is 42.2 Å². The number of hydrogen-bond acceptors (Lipinski definition) is 4. The maximum atomic E-state index is 12.1. The Morgan fingerprint density at radius 3 is 2.69 bits per heavy atom. The van der Waals surface area contributed by atoms with Crippen molar-refractivity contribution in [3.8, 4) is 28.3 Å². The molecule has 6 rings (SSSR count). The summed E-state index contributed by atoms with van der Waals surface area (Å²) in [6.07, 6.45) is 5.74. The Morgan fingerprint density at radius 1 is 1.08 bits per heavy atom. The number of amides is 1. The lowest BCUT2D eigenvalue weighted by Gasteiger charge is -2.35. The highest BCUT2D eigenvalue weighted by Gasteiger charge is 2.45. The van der Waals surface area contributed by atoms with E-state index in [0.717, 1.165) is 67.6 Å². The summed E-state index contributed by atoms with van der Waals surface area (Å²) in [5.41, 5.74) is 7.54. The van der Waals surface area contributed by atoms with Gasteiger partial charge < -0.3 is 10.1 Å². The lowest BCUT2D eigenvalue weighted by atomic mass is 9.88. The molecule has 5 nitrogen and oxygen atoms in total. The lowest BCUT2D eigenvalue weighted by Crippen LogP contribution is -2.53. The van der Waals surface area contributed by atoms with E-state index >= 15 is 0 Å². The number of ether oxygens (including phenoxy) is 1. The molecule has 186 valence electrons. The molecule has 2 aromatic carbocycles. The highest BCUT2D eigenvalue weighted by Crippen LogP contribution is 2.46. The summed E-state index contributed by atoms with van der Waals surface area (Å²) in [4.78, 5) is 19.6. The number of likely N-dealkylation sites (tertiary alicyclic amines) is 1. The molecule has 1 aromatic heterocycles. The normalized spacial score (nSPS) is 23.6. The summed E-state index contributed by atoms with van der Waals surface area (Å²) >= 11 is 7.00. The van der Waals surface area contributed by atoms with Gasteiger partial charge in [0.1, 0.15) is 0 Å². The average molecular weight is 502 g/mol. The summed E-state index contributed by atoms with van der Waals surface area (Å²) in [5.74, 6) is 0.889. The predicted molar refractivity (Wildman–Crippen MR) is 143 cm³/mol. The Bertz CT molecular complexity index is 1340. The van der Waals surface area contributed by atoms with Crippen LogP contribution in [0.5, 0.6) is 5.88 Å². The van der Waals surface area contributed by atoms with Gasteiger partial charge in [-0.25, -0.2) is 4.98 Å². The summed E-state index contributed by atoms with van der Waals surface area (Å²) in [6.45, 7) is 3.99. The number of halogens is 1. The van der Waals surface area contributed by atoms with Gasteiger partial charge in [-0.1, -0.05) is 54.1 Å². The van der Waals surface area contributed by atoms with Crippen molar-refractivity contribution in [3.05, 3.63) is 70.2 Å². The van der Waals surface area contributed by atoms with Crippen LogP contribution in [-0.2, 0) is 11.2 Å². The van der Waals surface area contributed by atoms with Crippen LogP contribution >= 0.6 is 11.6 Å². The van der Waals surface area contributed by atoms with Gasteiger partial charge in [0.05, 0.1) is 23.4 Å². The van der Waals surface area contributed by atoms with E-state index in [1.165, 1.54) is 16.7 Å². The molecule has 1 aliphatic carbocycles. The summed E-state index contributed by atoms with van der Waals surface area (Å²) in [7, 11) is 1.71. The molecular weight excluding hydrogens is 470 g/mol. The second kappa shape index (κ2) is 9.20. The van der Waals surface area contributed by atoms with E-state index in [9.17, 15) is 4.79 Å². The Morgan fingerprint density at radius 2 is 1.89 bits per heavy atom. The van der Waals surface area contributed by atoms with Crippen LogP contribution in [0.1, 0.15) is 54.8 Å². The van der Waals surface area contributed by atoms with Crippen LogP contribution in [0.3, 0.4) is 0 Å². The minimum Gasteiger partial charge on any atom is -0.481 e. The number of rotatable bonds is 4. The van der Waals surface area contributed by atoms with E-state index in [2.05, 4.69) is 47.5 Å². The zero-order valence-electron chi connectivity index (χ0n) is 20.9. The van der Waals surface area contributed by atoms with Crippen LogP contribution in [0.4, 0.5) is 0 Å². The molecule has 3 heterocycles. The van der Waals surface area contributed by atoms with Gasteiger partial charge in [0.2, 0.25) is 11.8 Å². The molecule has 0 bridgehead atoms. The molecule has 36 heavy (non-hydrogen) atoms. The van der Waals surface area contributed by atoms with Crippen molar-refractivity contribution in [2.45, 2.75) is 57.0 Å². The first-order valence-electron chi connectivity index (χ1n) is 13.0. The fraction of sp³-hybridized carbons (Fsp3) is 0.400. The molecule has 2 saturated heterocycles. The molecule has 0 unspecified atom stereocenters. The number of nitrogens with one attached hydrogen (secondary N) is 1. The fourth-order valence-electron chi connectivity index (χ4n) is 6.54. The predicted octanol–water partition coefficient (Wildman–Crippen LogP) is 6.12. The quantitative estimate of drug-likeness (QED) is 0.468. The SMILES string of the molecule is COc1nc(-c2cccc(-c3ccccc3C)c2Cl)cc2c1[C@H](N1CC[C@@]3(CCCC(=O)N3)C1)CC2. The third kappa shape index (κ3) is 3.99. The average Bonchev–Trinajstić information content (AvgIpc) is 3.48. The van der Waals surface area contributed by atoms with Crippen molar-refractivity contribution >= 4 is 17.5 Å². The van der Waals surface area contributed by atoms with Crippen molar-refractivity contribution in [3.63, 3.8) is 0 Å². The molecule has 0 saturated carbocycles. The molecule has 3 aliphatic rings. The number of aromatic nitrogens is 1. The van der Waals surface area contributed by atoms with Crippen LogP contribution in [0.2, 0.25) is 5.02 Å². The van der Waals surface area contributed by atoms with E-state index in [1.807, 2.05) is 18.2 Å². The molecule has 2 aliphatic heterocycles. The third-order valence-electron chi connectivity index (χ3n) is 8.32. The molecule has 3 aromatic rings. The summed E-state index contributed by atoms with van der Waals surface area (Å²) < 4.78 is 5.89. The number of benzene rings is 2. The molecule has 1 amide bonds. The first-order valence-corrected chi connectivity index (χ1v) is 13.3. The number of pyridine rings is 1. The first kappa shape index (κ1) is 23.5. The Balaban J connectivity index is 1.34. The van der Waals surface area contributed by atoms with Crippen molar-refractivity contribution in [1.29, 1.82) is 0 Å². The molecule has 6 heteroatoms. The minimum absolute atomic E-state index is 0.0672. The van der Waals surface area contributed by atoms with E-state index in [0.29, 0.717) is 17.3 Å². The van der Waals surface area contributed by atoms with Gasteiger partial charge in [-0.05, 0) is 61.8 Å². The third-order valence-corrected chi connectivity index (χ3v) is 8.73. The highest BCUT2D eigenvalue weighted by atomic mass is 35.5. The van der Waals surface area contributed by atoms with Crippen molar-refractivity contribution in [2.75, 3.05) is 20.2 Å². The van der Waals surface area contributed by atoms with Gasteiger partial charge >= 0.3 is 0 Å². The highest BCUT2D eigenvalue weighted by molar-refractivity contribution is 6.36. The number of carbonyl (C=O) groups excluding carboxylic acids is 1. The largest absolute Gasteiger partial charge is 0.481 e. The molecule has 1 N–H and O–H groups in total. The van der Waals surface area contributed by atoms with Gasteiger partial charge in [0.15, 0.2) is 0 Å². The van der Waals surface area contributed by atoms with Crippen LogP contribution in [0.15, 0.2) is 48.5 Å². The van der Waals surface area contributed by atoms with Crippen molar-refractivity contribution in [1.82, 2.24) is 15.2 Å². The summed E-state index contributed by atoms with van der Waals surface area (Å²) in [5, 5.41) is 4.03. The molecule has 2 atom stereocenters. The molecular formula is C30H32ClN3O2. The van der Waals surface area contributed by atoms with Crippen LogP contribution < -0.4 is 10.1 Å². The van der Waals surface area contributed by atoms with E-state index in [-0.39, 0.29) is 17.5 Å². The van der Waals surface area contributed by atoms with Crippen LogP contribution in [0, 0.1) is 6.92 Å². The maximum absolute atomic E-state index is 12.1. The van der Waals surface area contributed by atoms with Gasteiger partial charge in [-0.3, -0.25) is 9.69 Å². The van der Waals surface area contributed by atoms with E-state index in [4.69, 9.17) is 21.3 Å². The van der Waals surface area contributed by atoms with Gasteiger partial charge in [0.25, 0.3) is 0 Å². The Hall–Kier alpha value is -2.89. The number of piperidine rings is 1. The van der Waals surface area contributed by atoms with Gasteiger partial charge in [-0.2, -0.15) is 0 Å². The Labute approximate surface area is 217 Å². The standard InChI is InChI=1S/C30H32ClN3O2/c1-19-7-3-4-8-21(19)22-9-5-10-23(28(22)31)24-17-20-12-13-25(27(20)29(32-24)36-2)34-16-15-30(18-34)14-6-11-26(35)33-30/h3-5,7-10,17,25H,6,11-16,18H2,1-2H3,(H,33,35)/t25-,30+/m1/s1. The van der Waals surface area contributed by atoms with Crippen molar-refractivity contribution in [2.24, 2.45) is 0 Å². The van der Waals surface area contributed by atoms with Crippen molar-refractivity contribution < 1.29 is 9.53 Å². The van der Waals surface area contributed by atoms with E-state index in [1.54, 1.807) is 7.11 Å². The second-order valence-corrected chi connectivity index (χ2v) is 10.9. The zero-order valence-corrected chi connectivity index (χ0v) is 21.7. The molecule has 0 radical (unpaired) electrons. The van der Waals surface area contributed by atoms with E-state index < -0.39 is 0 Å². The lowest BCUT2D eigenvalue weighted by molar-refractivity contribution is -0.125. The van der Waals surface area contributed by atoms with Crippen LogP contribution in [-0.4, -0.2) is 41.5 Å². The van der Waals surface area contributed by atoms with Gasteiger partial charge in [-0.15, -0.1) is 0 Å². The first-order chi connectivity index (χ1) is 17.5. The number of methoxy groups -OCH3 is 1. The number of aryl methyl sites for hydroxylation is 2. The monoisotopic (exact) mass is 501 g/mol. The topological polar surface area (TPSA) is 54.5 Å². The second-order valence-electron chi connectivity index (χ2n) is 10.5. The zero-order chi connectivity index (χ0) is 24.9. The maximum Gasteiger partial charge on any atom is 0.220 e. The number of nitrogens with zero attached hydrogens (tertiary/aromatic N) is 2. The smallest absolute Gasteiger partial charge is 0.220 e. The summed E-state index contributed by atoms with van der Waals surface area (Å²) in [6, 6.07) is 16.9. The number of fused-ring (bicyclic) bond motifs is 1. The minimum atomic E-state index is -0.0672. The molecule has 1 spiro atoms. The fourth-order valence-corrected chi connectivity index (χ4v) is 6.86. The molecule has 2 fully saturated rings. The Kier molecular flexibility index (Phi) is 6.01. The van der Waals surface area contributed by atoms with Crippen LogP contribution in [0.25, 0.3) is 22.4 Å². The number of hydrogen-bond donors (Lipinski definition) is 1.